The summed E-state index contributed by atoms with van der Waals surface area (Å²) >= 11 is 0. The average molecular weight is 376 g/mol. The summed E-state index contributed by atoms with van der Waals surface area (Å²) in [7, 11) is 0. The number of aromatic nitrogens is 4. The second-order valence-electron chi connectivity index (χ2n) is 6.36. The molecule has 0 aliphatic rings. The van der Waals surface area contributed by atoms with Gasteiger partial charge < -0.3 is 9.30 Å². The summed E-state index contributed by atoms with van der Waals surface area (Å²) in [6.07, 6.45) is 1.53. The van der Waals surface area contributed by atoms with E-state index in [0.29, 0.717) is 17.8 Å². The lowest BCUT2D eigenvalue weighted by atomic mass is 9.98. The summed E-state index contributed by atoms with van der Waals surface area (Å²) in [5.74, 6) is 0. The number of imidazole rings is 1. The fourth-order valence-corrected chi connectivity index (χ4v) is 3.38. The van der Waals surface area contributed by atoms with E-state index in [9.17, 15) is 9.59 Å². The number of hydrogen-bond donors (Lipinski definition) is 1. The molecule has 0 saturated heterocycles. The van der Waals surface area contributed by atoms with Gasteiger partial charge in [0.2, 0.25) is 0 Å². The van der Waals surface area contributed by atoms with E-state index in [0.717, 1.165) is 11.1 Å². The van der Waals surface area contributed by atoms with Crippen LogP contribution in [0.4, 0.5) is 0 Å². The minimum Gasteiger partial charge on any atom is -0.361 e. The van der Waals surface area contributed by atoms with Gasteiger partial charge in [-0.15, -0.1) is 0 Å². The molecular weight excluding hydrogens is 356 g/mol. The van der Waals surface area contributed by atoms with Crippen LogP contribution in [0.1, 0.15) is 24.1 Å². The highest BCUT2D eigenvalue weighted by molar-refractivity contribution is 5.70. The van der Waals surface area contributed by atoms with E-state index in [-0.39, 0.29) is 6.73 Å². The monoisotopic (exact) mass is 376 g/mol. The van der Waals surface area contributed by atoms with Crippen LogP contribution in [-0.2, 0) is 11.5 Å². The van der Waals surface area contributed by atoms with Gasteiger partial charge in [-0.05, 0) is 18.1 Å². The fourth-order valence-electron chi connectivity index (χ4n) is 3.38. The summed E-state index contributed by atoms with van der Waals surface area (Å²) < 4.78 is 8.57. The maximum atomic E-state index is 12.9. The van der Waals surface area contributed by atoms with Crippen molar-refractivity contribution in [2.75, 3.05) is 6.61 Å². The minimum atomic E-state index is -0.503. The zero-order valence-electron chi connectivity index (χ0n) is 15.4. The van der Waals surface area contributed by atoms with E-state index < -0.39 is 17.3 Å². The Balaban J connectivity index is 2.01. The van der Waals surface area contributed by atoms with Gasteiger partial charge >= 0.3 is 5.69 Å². The molecule has 7 nitrogen and oxygen atoms in total. The van der Waals surface area contributed by atoms with Crippen molar-refractivity contribution in [1.29, 1.82) is 0 Å². The van der Waals surface area contributed by atoms with Crippen molar-refractivity contribution >= 4 is 11.2 Å². The molecule has 0 amide bonds. The van der Waals surface area contributed by atoms with Gasteiger partial charge in [-0.25, -0.2) is 9.78 Å². The van der Waals surface area contributed by atoms with Crippen LogP contribution in [0.25, 0.3) is 11.2 Å². The smallest absolute Gasteiger partial charge is 0.330 e. The lowest BCUT2D eigenvalue weighted by Crippen LogP contribution is -2.34. The SMILES string of the molecule is CCOCn1cnc2c1c(=O)[nH]c(=O)n2C(c1ccccc1)c1ccccc1. The number of H-pyrrole nitrogens is 1. The number of hydrogen-bond acceptors (Lipinski definition) is 4. The van der Waals surface area contributed by atoms with Crippen LogP contribution in [0, 0.1) is 0 Å². The highest BCUT2D eigenvalue weighted by atomic mass is 16.5. The van der Waals surface area contributed by atoms with Crippen molar-refractivity contribution < 1.29 is 4.74 Å². The van der Waals surface area contributed by atoms with Crippen molar-refractivity contribution in [3.8, 4) is 0 Å². The van der Waals surface area contributed by atoms with E-state index in [1.165, 1.54) is 10.9 Å². The van der Waals surface area contributed by atoms with E-state index in [1.807, 2.05) is 67.6 Å². The molecule has 0 aliphatic carbocycles. The molecule has 0 saturated carbocycles. The zero-order chi connectivity index (χ0) is 19.5. The average Bonchev–Trinajstić information content (AvgIpc) is 3.15. The first-order valence-corrected chi connectivity index (χ1v) is 9.08. The van der Waals surface area contributed by atoms with Crippen molar-refractivity contribution in [2.45, 2.75) is 19.7 Å². The van der Waals surface area contributed by atoms with Crippen molar-refractivity contribution in [1.82, 2.24) is 19.1 Å². The predicted octanol–water partition coefficient (Wildman–Crippen LogP) is 2.52. The number of nitrogens with one attached hydrogen (secondary N) is 1. The number of rotatable bonds is 6. The van der Waals surface area contributed by atoms with Crippen LogP contribution in [0.5, 0.6) is 0 Å². The first-order chi connectivity index (χ1) is 13.7. The third-order valence-corrected chi connectivity index (χ3v) is 4.62. The van der Waals surface area contributed by atoms with Crippen LogP contribution < -0.4 is 11.2 Å². The summed E-state index contributed by atoms with van der Waals surface area (Å²) in [5, 5.41) is 0. The Morgan fingerprint density at radius 3 is 2.18 bits per heavy atom. The first-order valence-electron chi connectivity index (χ1n) is 9.08. The Morgan fingerprint density at radius 2 is 1.61 bits per heavy atom. The third kappa shape index (κ3) is 3.16. The number of fused-ring (bicyclic) bond motifs is 1. The molecule has 142 valence electrons. The van der Waals surface area contributed by atoms with E-state index in [4.69, 9.17) is 4.74 Å². The topological polar surface area (TPSA) is 81.9 Å². The number of aromatic amines is 1. The number of benzene rings is 2. The molecule has 2 aromatic carbocycles. The molecule has 7 heteroatoms. The molecule has 0 radical (unpaired) electrons. The number of nitrogens with zero attached hydrogens (tertiary/aromatic N) is 3. The summed E-state index contributed by atoms with van der Waals surface area (Å²) in [6, 6.07) is 18.9. The Bertz CT molecular complexity index is 1150. The van der Waals surface area contributed by atoms with Gasteiger partial charge in [-0.3, -0.25) is 14.3 Å². The van der Waals surface area contributed by atoms with Crippen LogP contribution in [0.2, 0.25) is 0 Å². The van der Waals surface area contributed by atoms with Crippen molar-refractivity contribution in [3.63, 3.8) is 0 Å². The van der Waals surface area contributed by atoms with Crippen LogP contribution in [0.15, 0.2) is 76.6 Å². The van der Waals surface area contributed by atoms with Gasteiger partial charge in [-0.2, -0.15) is 0 Å². The predicted molar refractivity (Wildman–Crippen MR) is 106 cm³/mol. The zero-order valence-corrected chi connectivity index (χ0v) is 15.4. The maximum Gasteiger partial charge on any atom is 0.330 e. The maximum absolute atomic E-state index is 12.9. The molecule has 2 heterocycles. The molecule has 1 N–H and O–H groups in total. The quantitative estimate of drug-likeness (QED) is 0.561. The van der Waals surface area contributed by atoms with Gasteiger partial charge in [0.05, 0.1) is 12.4 Å². The van der Waals surface area contributed by atoms with Gasteiger partial charge in [0.1, 0.15) is 6.73 Å². The molecule has 0 fully saturated rings. The molecular formula is C21H20N4O3. The highest BCUT2D eigenvalue weighted by Gasteiger charge is 2.23. The van der Waals surface area contributed by atoms with Gasteiger partial charge in [-0.1, -0.05) is 60.7 Å². The molecule has 4 rings (SSSR count). The minimum absolute atomic E-state index is 0.190. The lowest BCUT2D eigenvalue weighted by Gasteiger charge is -2.21. The fraction of sp³-hybridized carbons (Fsp3) is 0.190. The second kappa shape index (κ2) is 7.66. The third-order valence-electron chi connectivity index (χ3n) is 4.62. The molecule has 0 aliphatic heterocycles. The molecule has 0 bridgehead atoms. The molecule has 0 spiro atoms. The second-order valence-corrected chi connectivity index (χ2v) is 6.36. The molecule has 2 aromatic heterocycles. The van der Waals surface area contributed by atoms with Gasteiger partial charge in [0.15, 0.2) is 11.2 Å². The van der Waals surface area contributed by atoms with Crippen LogP contribution in [-0.4, -0.2) is 25.7 Å². The van der Waals surface area contributed by atoms with E-state index in [1.54, 1.807) is 4.57 Å². The molecule has 0 unspecified atom stereocenters. The summed E-state index contributed by atoms with van der Waals surface area (Å²) in [5.41, 5.74) is 1.49. The Labute approximate surface area is 160 Å². The van der Waals surface area contributed by atoms with Crippen molar-refractivity contribution in [3.05, 3.63) is 99.0 Å². The summed E-state index contributed by atoms with van der Waals surface area (Å²) in [4.78, 5) is 32.2. The van der Waals surface area contributed by atoms with Crippen molar-refractivity contribution in [2.24, 2.45) is 0 Å². The lowest BCUT2D eigenvalue weighted by molar-refractivity contribution is 0.0903. The largest absolute Gasteiger partial charge is 0.361 e. The Morgan fingerprint density at radius 1 is 1.00 bits per heavy atom. The van der Waals surface area contributed by atoms with Gasteiger partial charge in [0.25, 0.3) is 5.56 Å². The standard InChI is InChI=1S/C21H20N4O3/c1-2-28-14-24-13-22-19-18(24)20(26)23-21(27)25(19)17(15-9-5-3-6-10-15)16-11-7-4-8-12-16/h3-13,17H,2,14H2,1H3,(H,23,26,27). The van der Waals surface area contributed by atoms with Gasteiger partial charge in [0, 0.05) is 6.61 Å². The Kier molecular flexibility index (Phi) is 4.90. The number of ether oxygens (including phenoxy) is 1. The molecule has 0 atom stereocenters. The van der Waals surface area contributed by atoms with E-state index >= 15 is 0 Å². The summed E-state index contributed by atoms with van der Waals surface area (Å²) in [6.45, 7) is 2.57. The first kappa shape index (κ1) is 17.9. The normalized spacial score (nSPS) is 11.4. The Hall–Kier alpha value is -3.45. The highest BCUT2D eigenvalue weighted by Crippen LogP contribution is 2.27. The van der Waals surface area contributed by atoms with Crippen LogP contribution >= 0.6 is 0 Å². The van der Waals surface area contributed by atoms with E-state index in [2.05, 4.69) is 9.97 Å². The van der Waals surface area contributed by atoms with Crippen LogP contribution in [0.3, 0.4) is 0 Å². The molecule has 28 heavy (non-hydrogen) atoms. The molecule has 4 aromatic rings.